The van der Waals surface area contributed by atoms with Gasteiger partial charge in [-0.1, -0.05) is 30.3 Å². The summed E-state index contributed by atoms with van der Waals surface area (Å²) in [5, 5.41) is 2.98. The summed E-state index contributed by atoms with van der Waals surface area (Å²) in [5.41, 5.74) is 1.22. The van der Waals surface area contributed by atoms with E-state index < -0.39 is 9.84 Å². The Balaban J connectivity index is 0.00000312. The van der Waals surface area contributed by atoms with E-state index in [0.29, 0.717) is 18.7 Å². The third-order valence-electron chi connectivity index (χ3n) is 3.70. The van der Waals surface area contributed by atoms with E-state index in [1.165, 1.54) is 12.1 Å². The summed E-state index contributed by atoms with van der Waals surface area (Å²) in [6.07, 6.45) is 0. The molecule has 0 heterocycles. The van der Waals surface area contributed by atoms with E-state index in [9.17, 15) is 13.2 Å². The van der Waals surface area contributed by atoms with Crippen molar-refractivity contribution in [1.29, 1.82) is 0 Å². The number of nitrogens with one attached hydrogen (secondary N) is 1. The number of rotatable bonds is 7. The van der Waals surface area contributed by atoms with Crippen molar-refractivity contribution in [2.45, 2.75) is 10.6 Å². The van der Waals surface area contributed by atoms with E-state index in [2.05, 4.69) is 5.32 Å². The number of hydrogen-bond acceptors (Lipinski definition) is 4. The van der Waals surface area contributed by atoms with Crippen LogP contribution in [0, 0.1) is 0 Å². The molecule has 0 aliphatic rings. The van der Waals surface area contributed by atoms with Gasteiger partial charge < -0.3 is 10.2 Å². The SMILES string of the molecule is CNCCN(C)C(=O)c1ccc(S(=O)(=O)Cc2ccccc2)cc1.Cl. The van der Waals surface area contributed by atoms with Crippen molar-refractivity contribution in [2.24, 2.45) is 0 Å². The number of carbonyl (C=O) groups is 1. The number of carbonyl (C=O) groups excluding carboxylic acids is 1. The van der Waals surface area contributed by atoms with Crippen molar-refractivity contribution in [2.75, 3.05) is 27.2 Å². The largest absolute Gasteiger partial charge is 0.340 e. The number of benzene rings is 2. The fourth-order valence-electron chi connectivity index (χ4n) is 2.28. The molecular formula is C18H23ClN2O3S. The average Bonchev–Trinajstić information content (AvgIpc) is 2.59. The normalized spacial score (nSPS) is 10.8. The molecule has 0 saturated carbocycles. The van der Waals surface area contributed by atoms with Crippen LogP contribution in [-0.4, -0.2) is 46.4 Å². The summed E-state index contributed by atoms with van der Waals surface area (Å²) in [7, 11) is 0.121. The van der Waals surface area contributed by atoms with E-state index in [-0.39, 0.29) is 29.0 Å². The minimum Gasteiger partial charge on any atom is -0.340 e. The summed E-state index contributed by atoms with van der Waals surface area (Å²) in [5.74, 6) is -0.180. The monoisotopic (exact) mass is 382 g/mol. The molecule has 2 aromatic carbocycles. The number of likely N-dealkylation sites (N-methyl/N-ethyl adjacent to an activating group) is 2. The highest BCUT2D eigenvalue weighted by Crippen LogP contribution is 2.17. The van der Waals surface area contributed by atoms with Gasteiger partial charge in [0.2, 0.25) is 0 Å². The van der Waals surface area contributed by atoms with Gasteiger partial charge in [-0.05, 0) is 36.9 Å². The fourth-order valence-corrected chi connectivity index (χ4v) is 3.63. The van der Waals surface area contributed by atoms with Crippen molar-refractivity contribution in [1.82, 2.24) is 10.2 Å². The molecule has 1 amide bonds. The van der Waals surface area contributed by atoms with Gasteiger partial charge in [0, 0.05) is 25.7 Å². The molecule has 0 bridgehead atoms. The molecule has 0 unspecified atom stereocenters. The van der Waals surface area contributed by atoms with Crippen LogP contribution in [-0.2, 0) is 15.6 Å². The van der Waals surface area contributed by atoms with E-state index in [1.807, 2.05) is 25.2 Å². The molecule has 0 radical (unpaired) electrons. The molecule has 0 aliphatic carbocycles. The Morgan fingerprint density at radius 1 is 1.04 bits per heavy atom. The van der Waals surface area contributed by atoms with Gasteiger partial charge in [0.25, 0.3) is 5.91 Å². The Bertz CT molecular complexity index is 778. The average molecular weight is 383 g/mol. The van der Waals surface area contributed by atoms with Crippen molar-refractivity contribution in [3.63, 3.8) is 0 Å². The predicted octanol–water partition coefficient (Wildman–Crippen LogP) is 2.37. The topological polar surface area (TPSA) is 66.5 Å². The van der Waals surface area contributed by atoms with Crippen LogP contribution in [0.2, 0.25) is 0 Å². The lowest BCUT2D eigenvalue weighted by Gasteiger charge is -2.17. The summed E-state index contributed by atoms with van der Waals surface area (Å²) in [6.45, 7) is 1.29. The molecular weight excluding hydrogens is 360 g/mol. The van der Waals surface area contributed by atoms with Gasteiger partial charge in [-0.15, -0.1) is 12.4 Å². The number of halogens is 1. The minimum atomic E-state index is -3.43. The van der Waals surface area contributed by atoms with E-state index in [4.69, 9.17) is 0 Å². The molecule has 0 spiro atoms. The Hall–Kier alpha value is -1.89. The zero-order chi connectivity index (χ0) is 17.6. The lowest BCUT2D eigenvalue weighted by molar-refractivity contribution is 0.0796. The highest BCUT2D eigenvalue weighted by atomic mass is 35.5. The molecule has 0 saturated heterocycles. The smallest absolute Gasteiger partial charge is 0.253 e. The molecule has 2 aromatic rings. The van der Waals surface area contributed by atoms with Crippen molar-refractivity contribution >= 4 is 28.2 Å². The third-order valence-corrected chi connectivity index (χ3v) is 5.41. The van der Waals surface area contributed by atoms with Crippen LogP contribution in [0.4, 0.5) is 0 Å². The Labute approximate surface area is 155 Å². The quantitative estimate of drug-likeness (QED) is 0.798. The van der Waals surface area contributed by atoms with E-state index >= 15 is 0 Å². The first kappa shape index (κ1) is 21.2. The van der Waals surface area contributed by atoms with Crippen LogP contribution in [0.25, 0.3) is 0 Å². The molecule has 0 fully saturated rings. The minimum absolute atomic E-state index is 0. The molecule has 25 heavy (non-hydrogen) atoms. The van der Waals surface area contributed by atoms with Gasteiger partial charge >= 0.3 is 0 Å². The van der Waals surface area contributed by atoms with Crippen LogP contribution in [0.15, 0.2) is 59.5 Å². The summed E-state index contributed by atoms with van der Waals surface area (Å²) in [4.78, 5) is 14.1. The van der Waals surface area contributed by atoms with Crippen LogP contribution < -0.4 is 5.32 Å². The Morgan fingerprint density at radius 3 is 2.20 bits per heavy atom. The zero-order valence-electron chi connectivity index (χ0n) is 14.3. The molecule has 5 nitrogen and oxygen atoms in total. The maximum atomic E-state index is 12.5. The molecule has 0 aliphatic heterocycles. The number of nitrogens with zero attached hydrogens (tertiary/aromatic N) is 1. The first-order valence-corrected chi connectivity index (χ1v) is 9.36. The zero-order valence-corrected chi connectivity index (χ0v) is 15.9. The van der Waals surface area contributed by atoms with Gasteiger partial charge in [0.05, 0.1) is 10.6 Å². The van der Waals surface area contributed by atoms with Crippen molar-refractivity contribution in [3.8, 4) is 0 Å². The predicted molar refractivity (Wildman–Crippen MR) is 102 cm³/mol. The van der Waals surface area contributed by atoms with Gasteiger partial charge in [-0.3, -0.25) is 4.79 Å². The van der Waals surface area contributed by atoms with Crippen molar-refractivity contribution in [3.05, 3.63) is 65.7 Å². The number of hydrogen-bond donors (Lipinski definition) is 1. The molecule has 7 heteroatoms. The maximum Gasteiger partial charge on any atom is 0.253 e. The van der Waals surface area contributed by atoms with Crippen LogP contribution in [0.5, 0.6) is 0 Å². The summed E-state index contributed by atoms with van der Waals surface area (Å²) < 4.78 is 24.9. The Kier molecular flexibility index (Phi) is 8.09. The first-order chi connectivity index (χ1) is 11.4. The van der Waals surface area contributed by atoms with Gasteiger partial charge in [-0.2, -0.15) is 0 Å². The molecule has 0 aromatic heterocycles. The van der Waals surface area contributed by atoms with E-state index in [1.54, 1.807) is 36.2 Å². The molecule has 2 rings (SSSR count). The van der Waals surface area contributed by atoms with E-state index in [0.717, 1.165) is 5.56 Å². The summed E-state index contributed by atoms with van der Waals surface area (Å²) in [6, 6.07) is 15.2. The first-order valence-electron chi connectivity index (χ1n) is 7.71. The third kappa shape index (κ3) is 5.85. The van der Waals surface area contributed by atoms with Gasteiger partial charge in [0.1, 0.15) is 0 Å². The van der Waals surface area contributed by atoms with Crippen molar-refractivity contribution < 1.29 is 13.2 Å². The lowest BCUT2D eigenvalue weighted by Crippen LogP contribution is -2.32. The maximum absolute atomic E-state index is 12.5. The fraction of sp³-hybridized carbons (Fsp3) is 0.278. The molecule has 136 valence electrons. The number of sulfone groups is 1. The van der Waals surface area contributed by atoms with Crippen LogP contribution in [0.1, 0.15) is 15.9 Å². The molecule has 0 atom stereocenters. The second kappa shape index (κ2) is 9.56. The number of amides is 1. The van der Waals surface area contributed by atoms with Crippen LogP contribution >= 0.6 is 12.4 Å². The van der Waals surface area contributed by atoms with Gasteiger partial charge in [0.15, 0.2) is 9.84 Å². The van der Waals surface area contributed by atoms with Gasteiger partial charge in [-0.25, -0.2) is 8.42 Å². The lowest BCUT2D eigenvalue weighted by atomic mass is 10.2. The second-order valence-corrected chi connectivity index (χ2v) is 7.59. The van der Waals surface area contributed by atoms with Crippen LogP contribution in [0.3, 0.4) is 0 Å². The highest BCUT2D eigenvalue weighted by molar-refractivity contribution is 7.90. The molecule has 1 N–H and O–H groups in total. The summed E-state index contributed by atoms with van der Waals surface area (Å²) >= 11 is 0. The Morgan fingerprint density at radius 2 is 1.64 bits per heavy atom. The highest BCUT2D eigenvalue weighted by Gasteiger charge is 2.17. The second-order valence-electron chi connectivity index (χ2n) is 5.60. The standard InChI is InChI=1S/C18H22N2O3S.ClH/c1-19-12-13-20(2)18(21)16-8-10-17(11-9-16)24(22,23)14-15-6-4-3-5-7-15;/h3-11,19H,12-14H2,1-2H3;1H.